The van der Waals surface area contributed by atoms with Gasteiger partial charge in [0.2, 0.25) is 5.88 Å². The van der Waals surface area contributed by atoms with Crippen LogP contribution in [-0.2, 0) is 6.42 Å². The Kier molecular flexibility index (Phi) is 7.48. The summed E-state index contributed by atoms with van der Waals surface area (Å²) in [6.45, 7) is 4.04. The maximum absolute atomic E-state index is 17.7. The summed E-state index contributed by atoms with van der Waals surface area (Å²) in [5.74, 6) is 0.438. The Hall–Kier alpha value is -5.04. The van der Waals surface area contributed by atoms with E-state index in [9.17, 15) is 10.4 Å². The largest absolute Gasteiger partial charge is 0.508 e. The number of halogens is 1. The van der Waals surface area contributed by atoms with E-state index >= 15 is 4.39 Å². The average molecular weight is 667 g/mol. The Morgan fingerprint density at radius 3 is 2.74 bits per heavy atom. The van der Waals surface area contributed by atoms with Crippen molar-refractivity contribution in [2.75, 3.05) is 20.1 Å². The van der Waals surface area contributed by atoms with Gasteiger partial charge in [0.1, 0.15) is 17.4 Å². The topological polar surface area (TPSA) is 99.2 Å². The van der Waals surface area contributed by atoms with Gasteiger partial charge in [-0.3, -0.25) is 9.88 Å². The van der Waals surface area contributed by atoms with E-state index in [1.165, 1.54) is 0 Å². The van der Waals surface area contributed by atoms with Gasteiger partial charge in [0.25, 0.3) is 0 Å². The summed E-state index contributed by atoms with van der Waals surface area (Å²) in [4.78, 5) is 11.9. The molecule has 1 aliphatic carbocycles. The zero-order valence-corrected chi connectivity index (χ0v) is 28.2. The van der Waals surface area contributed by atoms with E-state index in [1.807, 2.05) is 42.6 Å². The van der Waals surface area contributed by atoms with Crippen LogP contribution in [0.15, 0.2) is 73.1 Å². The van der Waals surface area contributed by atoms with Gasteiger partial charge in [-0.25, -0.2) is 9.37 Å². The van der Waals surface area contributed by atoms with E-state index in [1.54, 1.807) is 18.3 Å². The van der Waals surface area contributed by atoms with Gasteiger partial charge in [-0.2, -0.15) is 5.26 Å². The van der Waals surface area contributed by atoms with Crippen molar-refractivity contribution in [2.24, 2.45) is 5.92 Å². The molecular weight excluding hydrogens is 627 g/mol. The smallest absolute Gasteiger partial charge is 0.223 e. The number of ether oxygens (including phenoxy) is 1. The van der Waals surface area contributed by atoms with Crippen molar-refractivity contribution in [3.8, 4) is 40.1 Å². The number of phenols is 1. The Labute approximate surface area is 290 Å². The van der Waals surface area contributed by atoms with Gasteiger partial charge in [-0.15, -0.1) is 0 Å². The highest BCUT2D eigenvalue weighted by Gasteiger charge is 2.49. The van der Waals surface area contributed by atoms with Crippen LogP contribution in [0.2, 0.25) is 0 Å². The summed E-state index contributed by atoms with van der Waals surface area (Å²) in [6, 6.07) is 22.2. The van der Waals surface area contributed by atoms with Gasteiger partial charge in [0.15, 0.2) is 5.82 Å². The second kappa shape index (κ2) is 12.1. The molecule has 8 nitrogen and oxygen atoms in total. The molecule has 4 fully saturated rings. The summed E-state index contributed by atoms with van der Waals surface area (Å²) < 4.78 is 26.9. The average Bonchev–Trinajstić information content (AvgIpc) is 3.93. The SMILES string of the molecule is C[C@H](Oc1nc2c(F)c(-c3cc(O)cc4ccccc34)c(CCC#N)cc2c2c1cc(-c1cccnc1)n2C1C2CNC1C2)[C@@H]1CCCN1C. The molecule has 252 valence electrons. The first-order valence-electron chi connectivity index (χ1n) is 17.7. The molecule has 2 bridgehead atoms. The zero-order chi connectivity index (χ0) is 34.1. The number of hydrogen-bond acceptors (Lipinski definition) is 7. The first kappa shape index (κ1) is 31.0. The summed E-state index contributed by atoms with van der Waals surface area (Å²) in [5.41, 5.74) is 4.73. The maximum atomic E-state index is 17.7. The van der Waals surface area contributed by atoms with E-state index in [2.05, 4.69) is 51.9 Å². The quantitative estimate of drug-likeness (QED) is 0.171. The molecule has 0 spiro atoms. The third-order valence-electron chi connectivity index (χ3n) is 11.4. The van der Waals surface area contributed by atoms with Crippen molar-refractivity contribution in [3.05, 3.63) is 84.4 Å². The third kappa shape index (κ3) is 4.84. The number of likely N-dealkylation sites (tertiary alicyclic amines) is 1. The molecule has 6 heterocycles. The molecule has 10 rings (SSSR count). The summed E-state index contributed by atoms with van der Waals surface area (Å²) in [7, 11) is 2.13. The number of aromatic hydroxyl groups is 1. The van der Waals surface area contributed by atoms with Crippen LogP contribution in [0, 0.1) is 23.1 Å². The van der Waals surface area contributed by atoms with Gasteiger partial charge in [0.05, 0.1) is 28.7 Å². The minimum atomic E-state index is -0.478. The number of rotatable bonds is 8. The first-order valence-corrected chi connectivity index (χ1v) is 17.7. The summed E-state index contributed by atoms with van der Waals surface area (Å²) in [5, 5.41) is 27.4. The lowest BCUT2D eigenvalue weighted by Gasteiger charge is -2.38. The molecule has 4 aliphatic rings. The Morgan fingerprint density at radius 2 is 2.00 bits per heavy atom. The van der Waals surface area contributed by atoms with Crippen molar-refractivity contribution in [3.63, 3.8) is 0 Å². The second-order valence-electron chi connectivity index (χ2n) is 14.3. The minimum Gasteiger partial charge on any atom is -0.508 e. The van der Waals surface area contributed by atoms with Crippen LogP contribution in [0.1, 0.15) is 44.2 Å². The molecule has 1 saturated carbocycles. The van der Waals surface area contributed by atoms with Gasteiger partial charge in [-0.1, -0.05) is 24.3 Å². The van der Waals surface area contributed by atoms with Crippen molar-refractivity contribution in [1.82, 2.24) is 24.8 Å². The van der Waals surface area contributed by atoms with Gasteiger partial charge in [0, 0.05) is 54.0 Å². The lowest BCUT2D eigenvalue weighted by atomic mass is 9.79. The zero-order valence-electron chi connectivity index (χ0n) is 28.2. The van der Waals surface area contributed by atoms with Crippen molar-refractivity contribution >= 4 is 32.6 Å². The van der Waals surface area contributed by atoms with Crippen molar-refractivity contribution in [1.29, 1.82) is 5.26 Å². The maximum Gasteiger partial charge on any atom is 0.223 e. The number of nitrogens with one attached hydrogen (secondary N) is 1. The number of nitriles is 1. The molecule has 3 unspecified atom stereocenters. The van der Waals surface area contributed by atoms with Gasteiger partial charge < -0.3 is 19.7 Å². The van der Waals surface area contributed by atoms with E-state index in [4.69, 9.17) is 9.72 Å². The number of aromatic nitrogens is 3. The van der Waals surface area contributed by atoms with E-state index in [-0.39, 0.29) is 35.9 Å². The summed E-state index contributed by atoms with van der Waals surface area (Å²) in [6.07, 6.45) is 7.29. The molecule has 9 heteroatoms. The minimum absolute atomic E-state index is 0.0503. The molecule has 3 aliphatic heterocycles. The molecule has 3 aromatic heterocycles. The Morgan fingerprint density at radius 1 is 1.12 bits per heavy atom. The lowest BCUT2D eigenvalue weighted by molar-refractivity contribution is 0.119. The third-order valence-corrected chi connectivity index (χ3v) is 11.4. The molecule has 6 aromatic rings. The standard InChI is InChI=1S/C41H39FN6O2/c1-23(34-12-7-15-47(34)2)50-41-32-20-35(26-10-6-14-44-21-26)48(39-27-18-33(39)45-22-27)40(32)31-17-25(9-5-13-43)36(37(42)38(31)46-41)30-19-28(49)16-24-8-3-4-11-29(24)30/h3-4,6,8,10-11,14,16-17,19-21,23,27,33-34,39,45,49H,5,7,9,12,15,18,22H2,1-2H3/t23-,27?,33?,34-,39?/m0/s1. The molecule has 50 heavy (non-hydrogen) atoms. The molecule has 5 atom stereocenters. The number of benzene rings is 3. The van der Waals surface area contributed by atoms with Gasteiger partial charge in [-0.05, 0) is 110 Å². The van der Waals surface area contributed by atoms with E-state index in [0.29, 0.717) is 46.3 Å². The van der Waals surface area contributed by atoms with Crippen LogP contribution in [0.3, 0.4) is 0 Å². The lowest BCUT2D eigenvalue weighted by Crippen LogP contribution is -2.39. The highest BCUT2D eigenvalue weighted by molar-refractivity contribution is 6.11. The number of phenolic OH excluding ortho intramolecular Hbond substituents is 1. The van der Waals surface area contributed by atoms with Crippen LogP contribution in [0.5, 0.6) is 11.6 Å². The molecule has 3 saturated heterocycles. The van der Waals surface area contributed by atoms with Crippen LogP contribution in [-0.4, -0.2) is 62.9 Å². The summed E-state index contributed by atoms with van der Waals surface area (Å²) >= 11 is 0. The predicted molar refractivity (Wildman–Crippen MR) is 194 cm³/mol. The van der Waals surface area contributed by atoms with Crippen LogP contribution in [0.25, 0.3) is 55.0 Å². The van der Waals surface area contributed by atoms with Crippen molar-refractivity contribution < 1.29 is 14.2 Å². The fourth-order valence-electron chi connectivity index (χ4n) is 9.05. The van der Waals surface area contributed by atoms with Gasteiger partial charge >= 0.3 is 0 Å². The highest BCUT2D eigenvalue weighted by Crippen LogP contribution is 2.51. The van der Waals surface area contributed by atoms with Crippen LogP contribution >= 0.6 is 0 Å². The molecule has 0 amide bonds. The Balaban J connectivity index is 1.37. The fourth-order valence-corrected chi connectivity index (χ4v) is 9.05. The van der Waals surface area contributed by atoms with E-state index < -0.39 is 5.82 Å². The number of nitrogens with zero attached hydrogens (tertiary/aromatic N) is 5. The fraction of sp³-hybridized carbons (Fsp3) is 0.341. The highest BCUT2D eigenvalue weighted by atomic mass is 19.1. The number of likely N-dealkylation sites (N-methyl/N-ethyl adjacent to an activating group) is 1. The molecule has 0 radical (unpaired) electrons. The first-order chi connectivity index (χ1) is 24.4. The molecule has 2 N–H and O–H groups in total. The number of fused-ring (bicyclic) bond motifs is 5. The number of hydrogen-bond donors (Lipinski definition) is 2. The second-order valence-corrected chi connectivity index (χ2v) is 14.3. The predicted octanol–water partition coefficient (Wildman–Crippen LogP) is 7.77. The van der Waals surface area contributed by atoms with Crippen molar-refractivity contribution in [2.45, 2.75) is 63.3 Å². The normalized spacial score (nSPS) is 22.3. The monoisotopic (exact) mass is 666 g/mol. The van der Waals surface area contributed by atoms with Crippen LogP contribution in [0.4, 0.5) is 4.39 Å². The number of aryl methyl sites for hydroxylation is 1. The Bertz CT molecular complexity index is 2320. The van der Waals surface area contributed by atoms with E-state index in [0.717, 1.165) is 65.3 Å². The van der Waals surface area contributed by atoms with Crippen LogP contribution < -0.4 is 10.1 Å². The number of pyridine rings is 2. The molecular formula is C41H39FN6O2. The molecule has 3 aromatic carbocycles.